The first-order valence-corrected chi connectivity index (χ1v) is 6.49. The molecule has 0 aromatic heterocycles. The van der Waals surface area contributed by atoms with Crippen molar-refractivity contribution in [3.05, 3.63) is 0 Å². The lowest BCUT2D eigenvalue weighted by Gasteiger charge is -2.39. The minimum Gasteiger partial charge on any atom is -0.430 e. The summed E-state index contributed by atoms with van der Waals surface area (Å²) >= 11 is 16.1. The fraction of sp³-hybridized carbons (Fsp3) is 0.889. The molecule has 20 heavy (non-hydrogen) atoms. The summed E-state index contributed by atoms with van der Waals surface area (Å²) in [7, 11) is 0. The third kappa shape index (κ3) is 5.05. The van der Waals surface area contributed by atoms with Gasteiger partial charge in [-0.3, -0.25) is 0 Å². The summed E-state index contributed by atoms with van der Waals surface area (Å²) in [6, 6.07) is 0. The first-order chi connectivity index (χ1) is 9.15. The Labute approximate surface area is 128 Å². The summed E-state index contributed by atoms with van der Waals surface area (Å²) in [6.45, 7) is -1.27. The number of alkyl halides is 3. The van der Waals surface area contributed by atoms with E-state index < -0.39 is 53.9 Å². The van der Waals surface area contributed by atoms with Crippen molar-refractivity contribution >= 4 is 41.0 Å². The molecule has 1 fully saturated rings. The Morgan fingerprint density at radius 3 is 2.30 bits per heavy atom. The SMILES string of the molecule is O=C(OCC(Cl)(Cl)Cl)OC1C(O)C(O)OC(CO)C1O. The molecule has 1 aliphatic rings. The van der Waals surface area contributed by atoms with E-state index >= 15 is 0 Å². The van der Waals surface area contributed by atoms with Crippen LogP contribution in [0.2, 0.25) is 0 Å². The van der Waals surface area contributed by atoms with Gasteiger partial charge in [-0.1, -0.05) is 34.8 Å². The molecule has 1 aliphatic heterocycles. The van der Waals surface area contributed by atoms with Crippen molar-refractivity contribution < 1.29 is 39.4 Å². The number of aliphatic hydroxyl groups excluding tert-OH is 4. The Morgan fingerprint density at radius 1 is 1.20 bits per heavy atom. The number of carbonyl (C=O) groups is 1. The summed E-state index contributed by atoms with van der Waals surface area (Å²) in [5.74, 6) is 0. The van der Waals surface area contributed by atoms with Gasteiger partial charge in [0.1, 0.15) is 24.9 Å². The zero-order chi connectivity index (χ0) is 15.5. The molecule has 4 N–H and O–H groups in total. The van der Waals surface area contributed by atoms with E-state index in [-0.39, 0.29) is 0 Å². The molecule has 0 aromatic rings. The molecule has 5 atom stereocenters. The highest BCUT2D eigenvalue weighted by Gasteiger charge is 2.46. The van der Waals surface area contributed by atoms with Crippen LogP contribution in [0.25, 0.3) is 0 Å². The van der Waals surface area contributed by atoms with Crippen molar-refractivity contribution in [1.29, 1.82) is 0 Å². The average Bonchev–Trinajstić information content (AvgIpc) is 2.35. The average molecular weight is 356 g/mol. The Morgan fingerprint density at radius 2 is 1.80 bits per heavy atom. The summed E-state index contributed by atoms with van der Waals surface area (Å²) in [5.41, 5.74) is 0. The lowest BCUT2D eigenvalue weighted by molar-refractivity contribution is -0.287. The number of hydrogen-bond acceptors (Lipinski definition) is 8. The molecule has 0 aliphatic carbocycles. The predicted octanol–water partition coefficient (Wildman–Crippen LogP) is -0.690. The van der Waals surface area contributed by atoms with E-state index in [1.54, 1.807) is 0 Å². The van der Waals surface area contributed by atoms with E-state index in [9.17, 15) is 20.1 Å². The van der Waals surface area contributed by atoms with Crippen LogP contribution < -0.4 is 0 Å². The molecule has 8 nitrogen and oxygen atoms in total. The van der Waals surface area contributed by atoms with Crippen molar-refractivity contribution in [3.8, 4) is 0 Å². The lowest BCUT2D eigenvalue weighted by Crippen LogP contribution is -2.59. The molecular formula is C9H13Cl3O8. The third-order valence-electron chi connectivity index (χ3n) is 2.43. The lowest BCUT2D eigenvalue weighted by atomic mass is 9.99. The van der Waals surface area contributed by atoms with Gasteiger partial charge in [0.05, 0.1) is 6.61 Å². The molecule has 118 valence electrons. The van der Waals surface area contributed by atoms with Crippen LogP contribution in [-0.2, 0) is 14.2 Å². The van der Waals surface area contributed by atoms with Crippen molar-refractivity contribution in [2.24, 2.45) is 0 Å². The van der Waals surface area contributed by atoms with Gasteiger partial charge in [0.25, 0.3) is 0 Å². The van der Waals surface area contributed by atoms with E-state index in [1.165, 1.54) is 0 Å². The zero-order valence-corrected chi connectivity index (χ0v) is 12.1. The van der Waals surface area contributed by atoms with Crippen LogP contribution in [0, 0.1) is 0 Å². The van der Waals surface area contributed by atoms with Gasteiger partial charge in [-0.2, -0.15) is 0 Å². The molecule has 0 bridgehead atoms. The molecule has 0 aromatic carbocycles. The van der Waals surface area contributed by atoms with Gasteiger partial charge in [-0.15, -0.1) is 0 Å². The van der Waals surface area contributed by atoms with Crippen LogP contribution in [0.5, 0.6) is 0 Å². The highest BCUT2D eigenvalue weighted by molar-refractivity contribution is 6.67. The van der Waals surface area contributed by atoms with E-state index in [0.717, 1.165) is 0 Å². The van der Waals surface area contributed by atoms with Crippen LogP contribution in [0.4, 0.5) is 4.79 Å². The van der Waals surface area contributed by atoms with Gasteiger partial charge in [0, 0.05) is 0 Å². The number of halogens is 3. The van der Waals surface area contributed by atoms with Gasteiger partial charge < -0.3 is 34.6 Å². The molecule has 0 saturated carbocycles. The predicted molar refractivity (Wildman–Crippen MR) is 66.5 cm³/mol. The molecule has 0 radical (unpaired) electrons. The van der Waals surface area contributed by atoms with E-state index in [1.807, 2.05) is 0 Å². The first kappa shape index (κ1) is 18.0. The van der Waals surface area contributed by atoms with Gasteiger partial charge in [0.15, 0.2) is 12.4 Å². The second-order valence-corrected chi connectivity index (χ2v) is 6.48. The topological polar surface area (TPSA) is 126 Å². The molecule has 11 heteroatoms. The van der Waals surface area contributed by atoms with Gasteiger partial charge in [-0.05, 0) is 0 Å². The molecule has 1 rings (SSSR count). The third-order valence-corrected chi connectivity index (χ3v) is 2.75. The van der Waals surface area contributed by atoms with Crippen molar-refractivity contribution in [2.75, 3.05) is 13.2 Å². The first-order valence-electron chi connectivity index (χ1n) is 5.36. The fourth-order valence-corrected chi connectivity index (χ4v) is 1.66. The monoisotopic (exact) mass is 354 g/mol. The minimum absolute atomic E-state index is 0.613. The molecule has 5 unspecified atom stereocenters. The molecule has 1 heterocycles. The normalized spacial score (nSPS) is 34.6. The van der Waals surface area contributed by atoms with Gasteiger partial charge in [-0.25, -0.2) is 4.79 Å². The number of hydrogen-bond donors (Lipinski definition) is 4. The quantitative estimate of drug-likeness (QED) is 0.387. The summed E-state index contributed by atoms with van der Waals surface area (Å²) in [4.78, 5) is 11.3. The Kier molecular flexibility index (Phi) is 6.55. The minimum atomic E-state index is -1.85. The van der Waals surface area contributed by atoms with Crippen LogP contribution >= 0.6 is 34.8 Å². The molecule has 0 amide bonds. The maximum atomic E-state index is 11.3. The van der Waals surface area contributed by atoms with E-state index in [4.69, 9.17) is 44.6 Å². The van der Waals surface area contributed by atoms with Gasteiger partial charge >= 0.3 is 6.16 Å². The maximum absolute atomic E-state index is 11.3. The Balaban J connectivity index is 2.61. The van der Waals surface area contributed by atoms with Crippen LogP contribution in [0.3, 0.4) is 0 Å². The fourth-order valence-electron chi connectivity index (χ4n) is 1.49. The smallest absolute Gasteiger partial charge is 0.430 e. The molecular weight excluding hydrogens is 342 g/mol. The van der Waals surface area contributed by atoms with Crippen molar-refractivity contribution in [1.82, 2.24) is 0 Å². The van der Waals surface area contributed by atoms with Gasteiger partial charge in [0.2, 0.25) is 3.79 Å². The standard InChI is InChI=1S/C9H13Cl3O8/c10-9(11,12)2-18-8(17)20-6-4(14)3(1-13)19-7(16)5(6)15/h3-7,13-16H,1-2H2. The molecule has 0 spiro atoms. The van der Waals surface area contributed by atoms with E-state index in [2.05, 4.69) is 9.47 Å². The zero-order valence-electron chi connectivity index (χ0n) is 9.86. The summed E-state index contributed by atoms with van der Waals surface area (Å²) in [6.07, 6.45) is -9.18. The van der Waals surface area contributed by atoms with Crippen LogP contribution in [0.15, 0.2) is 0 Å². The summed E-state index contributed by atoms with van der Waals surface area (Å²) in [5, 5.41) is 37.6. The highest BCUT2D eigenvalue weighted by atomic mass is 35.6. The second kappa shape index (κ2) is 7.28. The number of carbonyl (C=O) groups excluding carboxylic acids is 1. The van der Waals surface area contributed by atoms with Crippen molar-refractivity contribution in [2.45, 2.75) is 34.5 Å². The largest absolute Gasteiger partial charge is 0.508 e. The van der Waals surface area contributed by atoms with Crippen molar-refractivity contribution in [3.63, 3.8) is 0 Å². The Bertz CT molecular complexity index is 336. The number of rotatable bonds is 3. The number of aliphatic hydroxyl groups is 4. The van der Waals surface area contributed by atoms with Crippen LogP contribution in [-0.4, -0.2) is 74.3 Å². The second-order valence-electron chi connectivity index (χ2n) is 3.97. The summed E-state index contributed by atoms with van der Waals surface area (Å²) < 4.78 is 11.9. The number of ether oxygens (including phenoxy) is 3. The van der Waals surface area contributed by atoms with E-state index in [0.29, 0.717) is 0 Å². The Hall–Kier alpha value is -0.0600. The molecule has 1 saturated heterocycles. The highest BCUT2D eigenvalue weighted by Crippen LogP contribution is 2.27. The maximum Gasteiger partial charge on any atom is 0.508 e. The van der Waals surface area contributed by atoms with Crippen LogP contribution in [0.1, 0.15) is 0 Å².